The first kappa shape index (κ1) is 12.8. The zero-order chi connectivity index (χ0) is 13.1. The summed E-state index contributed by atoms with van der Waals surface area (Å²) in [6, 6.07) is 0.106. The van der Waals surface area contributed by atoms with Gasteiger partial charge in [0, 0.05) is 17.1 Å². The van der Waals surface area contributed by atoms with Gasteiger partial charge in [0.2, 0.25) is 5.95 Å². The van der Waals surface area contributed by atoms with Gasteiger partial charge in [-0.1, -0.05) is 6.92 Å². The molecule has 2 aromatic heterocycles. The van der Waals surface area contributed by atoms with Crippen LogP contribution in [0.5, 0.6) is 0 Å². The Balaban J connectivity index is 2.20. The van der Waals surface area contributed by atoms with Crippen LogP contribution in [-0.4, -0.2) is 15.0 Å². The van der Waals surface area contributed by atoms with E-state index in [1.807, 2.05) is 6.92 Å². The number of rotatable bonds is 4. The molecule has 0 fully saturated rings. The van der Waals surface area contributed by atoms with E-state index in [4.69, 9.17) is 5.73 Å². The zero-order valence-corrected chi connectivity index (χ0v) is 11.6. The normalized spacial score (nSPS) is 12.4. The fourth-order valence-electron chi connectivity index (χ4n) is 1.66. The molecule has 0 aliphatic heterocycles. The molecule has 1 atom stereocenters. The molecule has 5 nitrogen and oxygen atoms in total. The average molecular weight is 263 g/mol. The van der Waals surface area contributed by atoms with Crippen LogP contribution in [0.3, 0.4) is 0 Å². The molecule has 2 rings (SSSR count). The van der Waals surface area contributed by atoms with Gasteiger partial charge in [-0.3, -0.25) is 0 Å². The molecule has 2 aromatic rings. The Kier molecular flexibility index (Phi) is 3.76. The van der Waals surface area contributed by atoms with Crippen molar-refractivity contribution in [1.29, 1.82) is 0 Å². The Morgan fingerprint density at radius 3 is 2.83 bits per heavy atom. The minimum atomic E-state index is 0.106. The average Bonchev–Trinajstić information content (AvgIpc) is 2.76. The predicted molar refractivity (Wildman–Crippen MR) is 74.7 cm³/mol. The summed E-state index contributed by atoms with van der Waals surface area (Å²) in [4.78, 5) is 12.7. The van der Waals surface area contributed by atoms with Crippen LogP contribution < -0.4 is 11.1 Å². The Morgan fingerprint density at radius 1 is 1.44 bits per heavy atom. The molecule has 0 aromatic carbocycles. The maximum absolute atomic E-state index is 5.62. The van der Waals surface area contributed by atoms with Crippen LogP contribution >= 0.6 is 11.3 Å². The molecule has 0 aliphatic carbocycles. The van der Waals surface area contributed by atoms with Gasteiger partial charge in [0.15, 0.2) is 0 Å². The lowest BCUT2D eigenvalue weighted by molar-refractivity contribution is 0.830. The zero-order valence-electron chi connectivity index (χ0n) is 10.8. The summed E-state index contributed by atoms with van der Waals surface area (Å²) in [5, 5.41) is 6.47. The molecule has 0 saturated heterocycles. The molecule has 6 heteroatoms. The quantitative estimate of drug-likeness (QED) is 0.886. The summed E-state index contributed by atoms with van der Waals surface area (Å²) in [7, 11) is 0. The van der Waals surface area contributed by atoms with E-state index in [1.54, 1.807) is 17.5 Å². The molecule has 0 radical (unpaired) electrons. The van der Waals surface area contributed by atoms with E-state index in [9.17, 15) is 0 Å². The van der Waals surface area contributed by atoms with Crippen molar-refractivity contribution < 1.29 is 0 Å². The summed E-state index contributed by atoms with van der Waals surface area (Å²) >= 11 is 1.65. The van der Waals surface area contributed by atoms with Gasteiger partial charge in [-0.2, -0.15) is 4.98 Å². The number of hydrogen-bond donors (Lipinski definition) is 2. The number of nitrogen functional groups attached to an aromatic ring is 1. The number of nitrogens with zero attached hydrogens (tertiary/aromatic N) is 3. The van der Waals surface area contributed by atoms with Crippen molar-refractivity contribution in [3.05, 3.63) is 27.8 Å². The molecule has 96 valence electrons. The minimum Gasteiger partial charge on any atom is -0.368 e. The van der Waals surface area contributed by atoms with Crippen molar-refractivity contribution in [1.82, 2.24) is 15.0 Å². The Labute approximate surface area is 111 Å². The van der Waals surface area contributed by atoms with Gasteiger partial charge in [0.25, 0.3) is 0 Å². The number of thiazole rings is 1. The van der Waals surface area contributed by atoms with E-state index < -0.39 is 0 Å². The standard InChI is InChI=1S/C12H17N5S/c1-4-9-5-14-12(13)17-11(9)15-7(2)10-6-18-8(3)16-10/h5-7H,4H2,1-3H3,(H3,13,14,15,17). The van der Waals surface area contributed by atoms with E-state index in [-0.39, 0.29) is 12.0 Å². The van der Waals surface area contributed by atoms with Crippen molar-refractivity contribution in [2.75, 3.05) is 11.1 Å². The van der Waals surface area contributed by atoms with Crippen molar-refractivity contribution >= 4 is 23.1 Å². The van der Waals surface area contributed by atoms with Crippen LogP contribution in [0.1, 0.15) is 36.2 Å². The van der Waals surface area contributed by atoms with Crippen molar-refractivity contribution in [3.63, 3.8) is 0 Å². The first-order valence-electron chi connectivity index (χ1n) is 5.90. The van der Waals surface area contributed by atoms with E-state index in [0.29, 0.717) is 0 Å². The third kappa shape index (κ3) is 2.76. The topological polar surface area (TPSA) is 76.7 Å². The van der Waals surface area contributed by atoms with Gasteiger partial charge >= 0.3 is 0 Å². The van der Waals surface area contributed by atoms with Gasteiger partial charge in [-0.05, 0) is 20.3 Å². The molecular weight excluding hydrogens is 246 g/mol. The molecule has 18 heavy (non-hydrogen) atoms. The minimum absolute atomic E-state index is 0.106. The fraction of sp³-hybridized carbons (Fsp3) is 0.417. The molecule has 0 aliphatic rings. The lowest BCUT2D eigenvalue weighted by atomic mass is 10.2. The monoisotopic (exact) mass is 263 g/mol. The SMILES string of the molecule is CCc1cnc(N)nc1NC(C)c1csc(C)n1. The lowest BCUT2D eigenvalue weighted by Gasteiger charge is -2.15. The molecule has 0 spiro atoms. The van der Waals surface area contributed by atoms with Gasteiger partial charge in [-0.15, -0.1) is 11.3 Å². The Morgan fingerprint density at radius 2 is 2.22 bits per heavy atom. The Hall–Kier alpha value is -1.69. The van der Waals surface area contributed by atoms with Crippen LogP contribution in [0, 0.1) is 6.92 Å². The summed E-state index contributed by atoms with van der Waals surface area (Å²) in [5.74, 6) is 1.08. The third-order valence-electron chi connectivity index (χ3n) is 2.70. The smallest absolute Gasteiger partial charge is 0.221 e. The number of anilines is 2. The summed E-state index contributed by atoms with van der Waals surface area (Å²) in [6.07, 6.45) is 2.63. The molecule has 0 saturated carbocycles. The van der Waals surface area contributed by atoms with Gasteiger partial charge in [0.1, 0.15) is 5.82 Å². The second-order valence-corrected chi connectivity index (χ2v) is 5.18. The molecular formula is C12H17N5S. The highest BCUT2D eigenvalue weighted by molar-refractivity contribution is 7.09. The third-order valence-corrected chi connectivity index (χ3v) is 3.49. The first-order valence-corrected chi connectivity index (χ1v) is 6.78. The number of aryl methyl sites for hydroxylation is 2. The summed E-state index contributed by atoms with van der Waals surface area (Å²) in [5.41, 5.74) is 7.71. The molecule has 2 heterocycles. The van der Waals surface area contributed by atoms with E-state index in [0.717, 1.165) is 28.5 Å². The first-order chi connectivity index (χ1) is 8.60. The van der Waals surface area contributed by atoms with E-state index >= 15 is 0 Å². The molecule has 0 amide bonds. The van der Waals surface area contributed by atoms with E-state index in [2.05, 4.69) is 39.5 Å². The van der Waals surface area contributed by atoms with Gasteiger partial charge in [0.05, 0.1) is 16.7 Å². The fourth-order valence-corrected chi connectivity index (χ4v) is 2.37. The van der Waals surface area contributed by atoms with Crippen molar-refractivity contribution in [3.8, 4) is 0 Å². The van der Waals surface area contributed by atoms with Crippen LogP contribution in [0.15, 0.2) is 11.6 Å². The summed E-state index contributed by atoms with van der Waals surface area (Å²) < 4.78 is 0. The number of hydrogen-bond acceptors (Lipinski definition) is 6. The number of aromatic nitrogens is 3. The lowest BCUT2D eigenvalue weighted by Crippen LogP contribution is -2.12. The van der Waals surface area contributed by atoms with Crippen LogP contribution in [0.4, 0.5) is 11.8 Å². The molecule has 0 bridgehead atoms. The maximum atomic E-state index is 5.62. The van der Waals surface area contributed by atoms with Crippen molar-refractivity contribution in [2.45, 2.75) is 33.2 Å². The molecule has 1 unspecified atom stereocenters. The second kappa shape index (κ2) is 5.30. The van der Waals surface area contributed by atoms with Crippen LogP contribution in [0.2, 0.25) is 0 Å². The largest absolute Gasteiger partial charge is 0.368 e. The highest BCUT2D eigenvalue weighted by Crippen LogP contribution is 2.22. The highest BCUT2D eigenvalue weighted by Gasteiger charge is 2.12. The number of nitrogens with two attached hydrogens (primary N) is 1. The van der Waals surface area contributed by atoms with Crippen LogP contribution in [0.25, 0.3) is 0 Å². The van der Waals surface area contributed by atoms with Crippen LogP contribution in [-0.2, 0) is 6.42 Å². The van der Waals surface area contributed by atoms with Gasteiger partial charge in [-0.25, -0.2) is 9.97 Å². The maximum Gasteiger partial charge on any atom is 0.221 e. The van der Waals surface area contributed by atoms with E-state index in [1.165, 1.54) is 0 Å². The number of nitrogens with one attached hydrogen (secondary N) is 1. The summed E-state index contributed by atoms with van der Waals surface area (Å²) in [6.45, 7) is 6.13. The van der Waals surface area contributed by atoms with Gasteiger partial charge < -0.3 is 11.1 Å². The predicted octanol–water partition coefficient (Wildman–Crippen LogP) is 2.56. The highest BCUT2D eigenvalue weighted by atomic mass is 32.1. The Bertz CT molecular complexity index is 537. The second-order valence-electron chi connectivity index (χ2n) is 4.11. The van der Waals surface area contributed by atoms with Crippen molar-refractivity contribution in [2.24, 2.45) is 0 Å². The molecule has 3 N–H and O–H groups in total.